The van der Waals surface area contributed by atoms with Crippen LogP contribution in [-0.4, -0.2) is 112 Å². The van der Waals surface area contributed by atoms with Gasteiger partial charge in [0.05, 0.1) is 31.3 Å². The summed E-state index contributed by atoms with van der Waals surface area (Å²) >= 11 is 0. The molecule has 1 aliphatic heterocycles. The minimum atomic E-state index is -3.82. The van der Waals surface area contributed by atoms with E-state index in [9.17, 15) is 17.4 Å². The fraction of sp³-hybridized carbons (Fsp3) is 0.349. The van der Waals surface area contributed by atoms with E-state index in [2.05, 4.69) is 42.5 Å². The summed E-state index contributed by atoms with van der Waals surface area (Å²) < 4.78 is 61.2. The Morgan fingerprint density at radius 1 is 0.867 bits per heavy atom. The topological polar surface area (TPSA) is 167 Å². The average molecular weight is 859 g/mol. The second-order valence-corrected chi connectivity index (χ2v) is 18.7. The lowest BCUT2D eigenvalue weighted by Gasteiger charge is -2.33. The van der Waals surface area contributed by atoms with Crippen molar-refractivity contribution in [2.45, 2.75) is 31.1 Å². The highest BCUT2D eigenvalue weighted by Crippen LogP contribution is 2.40. The molecule has 1 saturated heterocycles. The summed E-state index contributed by atoms with van der Waals surface area (Å²) in [5.41, 5.74) is 2.68. The van der Waals surface area contributed by atoms with Gasteiger partial charge in [-0.05, 0) is 60.5 Å². The van der Waals surface area contributed by atoms with Gasteiger partial charge in [-0.1, -0.05) is 45.0 Å². The van der Waals surface area contributed by atoms with Crippen molar-refractivity contribution in [2.75, 3.05) is 94.5 Å². The lowest BCUT2D eigenvalue weighted by molar-refractivity contribution is 0.150. The van der Waals surface area contributed by atoms with Crippen LogP contribution in [0.25, 0.3) is 10.8 Å². The minimum absolute atomic E-state index is 0.0791. The van der Waals surface area contributed by atoms with Gasteiger partial charge in [0.1, 0.15) is 38.9 Å². The number of carbonyl (C=O) groups excluding carboxylic acids is 1. The molecule has 6 rings (SSSR count). The lowest BCUT2D eigenvalue weighted by atomic mass is 9.86. The summed E-state index contributed by atoms with van der Waals surface area (Å²) in [6.45, 7) is 10.9. The first-order chi connectivity index (χ1) is 28.5. The van der Waals surface area contributed by atoms with Crippen LogP contribution >= 0.6 is 0 Å². The fourth-order valence-corrected chi connectivity index (χ4v) is 8.52. The number of ether oxygens (including phenoxy) is 3. The van der Waals surface area contributed by atoms with Crippen molar-refractivity contribution >= 4 is 66.4 Å². The van der Waals surface area contributed by atoms with Crippen molar-refractivity contribution in [2.24, 2.45) is 0 Å². The van der Waals surface area contributed by atoms with E-state index in [1.54, 1.807) is 49.6 Å². The van der Waals surface area contributed by atoms with Gasteiger partial charge in [-0.15, -0.1) is 0 Å². The number of hydrogen-bond donors (Lipinski definition) is 4. The molecule has 1 atom stereocenters. The molecule has 2 heterocycles. The number of sulfonamides is 1. The number of nitrogens with zero attached hydrogens (tertiary/aromatic N) is 4. The third-order valence-electron chi connectivity index (χ3n) is 10.2. The van der Waals surface area contributed by atoms with E-state index in [-0.39, 0.29) is 16.1 Å². The lowest BCUT2D eigenvalue weighted by Crippen LogP contribution is -2.47. The average Bonchev–Trinajstić information content (AvgIpc) is 3.20. The predicted octanol–water partition coefficient (Wildman–Crippen LogP) is 7.30. The van der Waals surface area contributed by atoms with Gasteiger partial charge in [0.2, 0.25) is 10.0 Å². The van der Waals surface area contributed by atoms with Crippen LogP contribution in [0.3, 0.4) is 0 Å². The molecule has 1 fully saturated rings. The van der Waals surface area contributed by atoms with Crippen LogP contribution in [-0.2, 0) is 26.4 Å². The Morgan fingerprint density at radius 3 is 2.25 bits per heavy atom. The van der Waals surface area contributed by atoms with E-state index < -0.39 is 27.0 Å². The molecule has 60 heavy (non-hydrogen) atoms. The molecule has 1 unspecified atom stereocenters. The summed E-state index contributed by atoms with van der Waals surface area (Å²) in [7, 11) is 1.43. The zero-order valence-electron chi connectivity index (χ0n) is 35.3. The molecule has 15 nitrogen and oxygen atoms in total. The zero-order chi connectivity index (χ0) is 43.2. The second-order valence-electron chi connectivity index (χ2n) is 15.6. The summed E-state index contributed by atoms with van der Waals surface area (Å²) in [6, 6.07) is 22.6. The Hall–Kier alpha value is -5.46. The highest BCUT2D eigenvalue weighted by molar-refractivity contribution is 7.89. The Labute approximate surface area is 355 Å². The van der Waals surface area contributed by atoms with E-state index in [1.165, 1.54) is 30.8 Å². The second kappa shape index (κ2) is 18.9. The Bertz CT molecular complexity index is 2470. The Morgan fingerprint density at radius 2 is 1.57 bits per heavy atom. The number of amides is 2. The largest absolute Gasteiger partial charge is 0.495 e. The summed E-state index contributed by atoms with van der Waals surface area (Å²) in [6.07, 6.45) is 3.13. The van der Waals surface area contributed by atoms with Crippen LogP contribution in [0.5, 0.6) is 23.0 Å². The van der Waals surface area contributed by atoms with Gasteiger partial charge in [0.25, 0.3) is 0 Å². The quantitative estimate of drug-likeness (QED) is 0.0835. The zero-order valence-corrected chi connectivity index (χ0v) is 36.9. The number of anilines is 5. The van der Waals surface area contributed by atoms with Crippen LogP contribution in [0.4, 0.5) is 33.4 Å². The van der Waals surface area contributed by atoms with E-state index in [0.717, 1.165) is 42.5 Å². The summed E-state index contributed by atoms with van der Waals surface area (Å²) in [5, 5.41) is 10.6. The molecule has 2 amide bonds. The van der Waals surface area contributed by atoms with E-state index in [1.807, 2.05) is 57.2 Å². The molecule has 0 bridgehead atoms. The van der Waals surface area contributed by atoms with Gasteiger partial charge in [0.15, 0.2) is 5.75 Å². The number of fused-ring (bicyclic) bond motifs is 1. The van der Waals surface area contributed by atoms with E-state index in [0.29, 0.717) is 58.9 Å². The molecule has 4 N–H and O–H groups in total. The summed E-state index contributed by atoms with van der Waals surface area (Å²) in [5.74, 6) is 2.06. The Kier molecular flexibility index (Phi) is 13.9. The van der Waals surface area contributed by atoms with Gasteiger partial charge in [-0.25, -0.2) is 22.4 Å². The minimum Gasteiger partial charge on any atom is -0.495 e. The normalized spacial score (nSPS) is 14.4. The number of carbonyl (C=O) groups is 1. The van der Waals surface area contributed by atoms with Crippen molar-refractivity contribution in [1.82, 2.24) is 19.1 Å². The molecule has 320 valence electrons. The molecular weight excluding hydrogens is 805 g/mol. The van der Waals surface area contributed by atoms with E-state index in [4.69, 9.17) is 14.2 Å². The highest BCUT2D eigenvalue weighted by Gasteiger charge is 2.27. The monoisotopic (exact) mass is 858 g/mol. The maximum absolute atomic E-state index is 13.6. The molecule has 0 radical (unpaired) electrons. The molecule has 17 heteroatoms. The molecule has 5 aromatic rings. The molecule has 0 saturated carbocycles. The maximum atomic E-state index is 13.6. The molecule has 4 aromatic carbocycles. The van der Waals surface area contributed by atoms with Crippen molar-refractivity contribution in [3.05, 3.63) is 90.6 Å². The van der Waals surface area contributed by atoms with Crippen molar-refractivity contribution in [3.8, 4) is 23.0 Å². The van der Waals surface area contributed by atoms with Crippen molar-refractivity contribution < 1.29 is 31.6 Å². The number of benzene rings is 4. The smallest absolute Gasteiger partial charge is 0.323 e. The number of likely N-dealkylation sites (N-methyl/N-ethyl adjacent to an activating group) is 2. The molecule has 0 spiro atoms. The van der Waals surface area contributed by atoms with Gasteiger partial charge < -0.3 is 39.8 Å². The number of urea groups is 1. The third-order valence-corrected chi connectivity index (χ3v) is 12.6. The standard InChI is InChI=1S/C43H54N8O7S2/c1-43(2,3)29-25-35(41(57-7)36(26-29)48-59(8)53)47-42(52)46-34-14-15-37(33-12-10-9-11-32(33)34)58-31-17-18-44-40(28-31)45-30-13-16-39(38(27-30)56-6)60(54,55)50(5)21-24-51-22-19-49(4)20-23-51/h9-18,25-28,48H,19-24H2,1-8H3,(H,44,45)(H2,46,47,52). The van der Waals surface area contributed by atoms with Gasteiger partial charge in [-0.2, -0.15) is 4.31 Å². The molecular formula is C43H54N8O7S2. The van der Waals surface area contributed by atoms with Gasteiger partial charge >= 0.3 is 6.03 Å². The van der Waals surface area contributed by atoms with E-state index >= 15 is 0 Å². The summed E-state index contributed by atoms with van der Waals surface area (Å²) in [4.78, 5) is 22.6. The molecule has 0 aliphatic carbocycles. The van der Waals surface area contributed by atoms with Crippen molar-refractivity contribution in [1.29, 1.82) is 0 Å². The van der Waals surface area contributed by atoms with Crippen LogP contribution in [0.2, 0.25) is 0 Å². The number of piperazine rings is 1. The number of hydrogen-bond acceptors (Lipinski definition) is 11. The molecule has 1 aliphatic rings. The fourth-order valence-electron chi connectivity index (χ4n) is 6.77. The first kappa shape index (κ1) is 44.1. The van der Waals surface area contributed by atoms with Gasteiger partial charge in [-0.3, -0.25) is 4.90 Å². The SMILES string of the molecule is COc1cc(Nc2cc(Oc3ccc(NC(=O)Nc4cc(C(C)(C)C)cc(NS(C)=O)c4OC)c4ccccc34)ccn2)ccc1S(=O)(=O)N(C)CCN1CCN(C)CC1. The van der Waals surface area contributed by atoms with Crippen LogP contribution < -0.4 is 34.9 Å². The Balaban J connectivity index is 1.16. The number of rotatable bonds is 15. The van der Waals surface area contributed by atoms with Crippen molar-refractivity contribution in [3.63, 3.8) is 0 Å². The molecule has 1 aromatic heterocycles. The first-order valence-corrected chi connectivity index (χ1v) is 22.4. The van der Waals surface area contributed by atoms with Crippen LogP contribution in [0, 0.1) is 0 Å². The third kappa shape index (κ3) is 10.6. The van der Waals surface area contributed by atoms with Crippen LogP contribution in [0.1, 0.15) is 26.3 Å². The number of nitrogens with one attached hydrogen (secondary N) is 4. The first-order valence-electron chi connectivity index (χ1n) is 19.4. The maximum Gasteiger partial charge on any atom is 0.323 e. The highest BCUT2D eigenvalue weighted by atomic mass is 32.2. The number of pyridine rings is 1. The predicted molar refractivity (Wildman–Crippen MR) is 240 cm³/mol. The number of aromatic nitrogens is 1. The van der Waals surface area contributed by atoms with Gasteiger partial charge in [0, 0.05) is 87.4 Å². The van der Waals surface area contributed by atoms with Crippen LogP contribution in [0.15, 0.2) is 90.0 Å². The number of methoxy groups -OCH3 is 2.